The van der Waals surface area contributed by atoms with E-state index in [1.165, 1.54) is 30.8 Å². The number of nitrogens with one attached hydrogen (secondary N) is 1. The van der Waals surface area contributed by atoms with Gasteiger partial charge in [-0.2, -0.15) is 11.8 Å². The Bertz CT molecular complexity index is 355. The molecule has 106 valence electrons. The van der Waals surface area contributed by atoms with Crippen LogP contribution in [-0.4, -0.2) is 48.6 Å². The van der Waals surface area contributed by atoms with E-state index in [1.807, 2.05) is 11.8 Å². The molecule has 2 nitrogen and oxygen atoms in total. The standard InChI is InChI=1S/C16H26N2S/c1-14-8-9-17-16(13-18(14)10-11-19-2)12-15-6-4-3-5-7-15/h3-7,14,16-17H,8-13H2,1-2H3. The van der Waals surface area contributed by atoms with E-state index in [0.717, 1.165) is 13.0 Å². The van der Waals surface area contributed by atoms with Gasteiger partial charge in [0.05, 0.1) is 0 Å². The Balaban J connectivity index is 1.93. The molecule has 0 aromatic heterocycles. The second-order valence-corrected chi connectivity index (χ2v) is 6.45. The van der Waals surface area contributed by atoms with Gasteiger partial charge in [-0.1, -0.05) is 30.3 Å². The van der Waals surface area contributed by atoms with E-state index in [0.29, 0.717) is 12.1 Å². The number of hydrogen-bond acceptors (Lipinski definition) is 3. The molecule has 0 aliphatic carbocycles. The summed E-state index contributed by atoms with van der Waals surface area (Å²) in [5, 5.41) is 3.72. The highest BCUT2D eigenvalue weighted by molar-refractivity contribution is 7.98. The highest BCUT2D eigenvalue weighted by atomic mass is 32.2. The second kappa shape index (κ2) is 7.93. The molecule has 1 aromatic carbocycles. The maximum Gasteiger partial charge on any atom is 0.0235 e. The lowest BCUT2D eigenvalue weighted by atomic mass is 10.1. The van der Waals surface area contributed by atoms with Crippen LogP contribution in [0.1, 0.15) is 18.9 Å². The summed E-state index contributed by atoms with van der Waals surface area (Å²) in [7, 11) is 0. The summed E-state index contributed by atoms with van der Waals surface area (Å²) in [6.07, 6.45) is 4.60. The van der Waals surface area contributed by atoms with Gasteiger partial charge in [0.25, 0.3) is 0 Å². The van der Waals surface area contributed by atoms with E-state index in [1.54, 1.807) is 0 Å². The van der Waals surface area contributed by atoms with Crippen molar-refractivity contribution in [2.24, 2.45) is 0 Å². The molecule has 0 amide bonds. The Morgan fingerprint density at radius 3 is 2.84 bits per heavy atom. The van der Waals surface area contributed by atoms with Crippen LogP contribution in [0.2, 0.25) is 0 Å². The van der Waals surface area contributed by atoms with Crippen LogP contribution in [0.5, 0.6) is 0 Å². The fourth-order valence-electron chi connectivity index (χ4n) is 2.76. The van der Waals surface area contributed by atoms with Gasteiger partial charge in [-0.25, -0.2) is 0 Å². The maximum absolute atomic E-state index is 3.72. The first-order valence-electron chi connectivity index (χ1n) is 7.30. The van der Waals surface area contributed by atoms with Crippen LogP contribution in [0.3, 0.4) is 0 Å². The molecule has 3 heteroatoms. The molecule has 0 saturated carbocycles. The summed E-state index contributed by atoms with van der Waals surface area (Å²) in [6, 6.07) is 12.1. The highest BCUT2D eigenvalue weighted by Gasteiger charge is 2.22. The van der Waals surface area contributed by atoms with Crippen LogP contribution in [0.4, 0.5) is 0 Å². The third-order valence-electron chi connectivity index (χ3n) is 3.98. The average Bonchev–Trinajstić information content (AvgIpc) is 2.60. The van der Waals surface area contributed by atoms with Gasteiger partial charge in [-0.3, -0.25) is 4.90 Å². The van der Waals surface area contributed by atoms with Gasteiger partial charge in [0, 0.05) is 30.9 Å². The Morgan fingerprint density at radius 1 is 1.32 bits per heavy atom. The third-order valence-corrected chi connectivity index (χ3v) is 4.57. The van der Waals surface area contributed by atoms with Gasteiger partial charge >= 0.3 is 0 Å². The summed E-state index contributed by atoms with van der Waals surface area (Å²) >= 11 is 1.95. The van der Waals surface area contributed by atoms with Gasteiger partial charge in [0.1, 0.15) is 0 Å². The van der Waals surface area contributed by atoms with Crippen molar-refractivity contribution < 1.29 is 0 Å². The highest BCUT2D eigenvalue weighted by Crippen LogP contribution is 2.13. The maximum atomic E-state index is 3.72. The van der Waals surface area contributed by atoms with E-state index < -0.39 is 0 Å². The molecule has 1 aliphatic rings. The fraction of sp³-hybridized carbons (Fsp3) is 0.625. The van der Waals surface area contributed by atoms with E-state index in [4.69, 9.17) is 0 Å². The van der Waals surface area contributed by atoms with Gasteiger partial charge < -0.3 is 5.32 Å². The number of thioether (sulfide) groups is 1. The predicted octanol–water partition coefficient (Wildman–Crippen LogP) is 2.64. The van der Waals surface area contributed by atoms with E-state index >= 15 is 0 Å². The molecule has 2 atom stereocenters. The number of benzene rings is 1. The van der Waals surface area contributed by atoms with Crippen molar-refractivity contribution in [3.63, 3.8) is 0 Å². The van der Waals surface area contributed by atoms with Crippen LogP contribution in [0.25, 0.3) is 0 Å². The Hall–Kier alpha value is -0.510. The van der Waals surface area contributed by atoms with Gasteiger partial charge in [0.15, 0.2) is 0 Å². The van der Waals surface area contributed by atoms with Crippen molar-refractivity contribution in [3.8, 4) is 0 Å². The monoisotopic (exact) mass is 278 g/mol. The fourth-order valence-corrected chi connectivity index (χ4v) is 3.18. The van der Waals surface area contributed by atoms with Crippen molar-refractivity contribution in [1.29, 1.82) is 0 Å². The SMILES string of the molecule is CSCCN1CC(Cc2ccccc2)NCCC1C. The first-order chi connectivity index (χ1) is 9.29. The molecular formula is C16H26N2S. The summed E-state index contributed by atoms with van der Waals surface area (Å²) in [5.74, 6) is 1.24. The second-order valence-electron chi connectivity index (χ2n) is 5.47. The minimum Gasteiger partial charge on any atom is -0.312 e. The minimum atomic E-state index is 0.592. The molecule has 1 saturated heterocycles. The van der Waals surface area contributed by atoms with Crippen LogP contribution >= 0.6 is 11.8 Å². The Kier molecular flexibility index (Phi) is 6.21. The molecule has 0 radical (unpaired) electrons. The van der Waals surface area contributed by atoms with E-state index in [-0.39, 0.29) is 0 Å². The first kappa shape index (κ1) is 14.9. The quantitative estimate of drug-likeness (QED) is 0.891. The van der Waals surface area contributed by atoms with E-state index in [2.05, 4.69) is 53.7 Å². The minimum absolute atomic E-state index is 0.592. The van der Waals surface area contributed by atoms with Crippen LogP contribution < -0.4 is 5.32 Å². The number of hydrogen-bond donors (Lipinski definition) is 1. The summed E-state index contributed by atoms with van der Waals surface area (Å²) in [5.41, 5.74) is 1.44. The van der Waals surface area contributed by atoms with Crippen LogP contribution in [-0.2, 0) is 6.42 Å². The number of nitrogens with zero attached hydrogens (tertiary/aromatic N) is 1. The zero-order valence-electron chi connectivity index (χ0n) is 12.1. The third kappa shape index (κ3) is 4.83. The molecule has 0 bridgehead atoms. The van der Waals surface area contributed by atoms with Gasteiger partial charge in [0.2, 0.25) is 0 Å². The Morgan fingerprint density at radius 2 is 2.11 bits per heavy atom. The predicted molar refractivity (Wildman–Crippen MR) is 86.0 cm³/mol. The smallest absolute Gasteiger partial charge is 0.0235 e. The molecule has 1 heterocycles. The molecule has 19 heavy (non-hydrogen) atoms. The summed E-state index contributed by atoms with van der Waals surface area (Å²) < 4.78 is 0. The van der Waals surface area contributed by atoms with Crippen molar-refractivity contribution in [2.45, 2.75) is 31.8 Å². The molecule has 1 aromatic rings. The topological polar surface area (TPSA) is 15.3 Å². The van der Waals surface area contributed by atoms with Crippen LogP contribution in [0.15, 0.2) is 30.3 Å². The summed E-state index contributed by atoms with van der Waals surface area (Å²) in [6.45, 7) is 5.91. The Labute approximate surface area is 122 Å². The van der Waals surface area contributed by atoms with Gasteiger partial charge in [-0.15, -0.1) is 0 Å². The zero-order chi connectivity index (χ0) is 13.5. The normalized spacial score (nSPS) is 25.2. The molecule has 1 aliphatic heterocycles. The van der Waals surface area contributed by atoms with Crippen molar-refractivity contribution in [1.82, 2.24) is 10.2 Å². The lowest BCUT2D eigenvalue weighted by molar-refractivity contribution is 0.217. The van der Waals surface area contributed by atoms with Crippen molar-refractivity contribution in [3.05, 3.63) is 35.9 Å². The number of rotatable bonds is 5. The first-order valence-corrected chi connectivity index (χ1v) is 8.69. The van der Waals surface area contributed by atoms with Crippen LogP contribution in [0, 0.1) is 0 Å². The molecule has 1 N–H and O–H groups in total. The van der Waals surface area contributed by atoms with E-state index in [9.17, 15) is 0 Å². The van der Waals surface area contributed by atoms with Gasteiger partial charge in [-0.05, 0) is 38.1 Å². The lowest BCUT2D eigenvalue weighted by Crippen LogP contribution is -2.42. The lowest BCUT2D eigenvalue weighted by Gasteiger charge is -2.28. The van der Waals surface area contributed by atoms with Crippen molar-refractivity contribution in [2.75, 3.05) is 31.6 Å². The molecule has 2 rings (SSSR count). The molecular weight excluding hydrogens is 252 g/mol. The molecule has 1 fully saturated rings. The summed E-state index contributed by atoms with van der Waals surface area (Å²) in [4.78, 5) is 2.66. The van der Waals surface area contributed by atoms with Crippen molar-refractivity contribution >= 4 is 11.8 Å². The largest absolute Gasteiger partial charge is 0.312 e. The zero-order valence-corrected chi connectivity index (χ0v) is 13.0. The average molecular weight is 278 g/mol. The molecule has 2 unspecified atom stereocenters. The molecule has 0 spiro atoms.